The summed E-state index contributed by atoms with van der Waals surface area (Å²) < 4.78 is 5.03. The number of nitrogens with one attached hydrogen (secondary N) is 2. The summed E-state index contributed by atoms with van der Waals surface area (Å²) in [5.41, 5.74) is 5.58. The van der Waals surface area contributed by atoms with Crippen LogP contribution in [-0.4, -0.2) is 59.3 Å². The van der Waals surface area contributed by atoms with Crippen LogP contribution in [0.3, 0.4) is 0 Å². The normalized spacial score (nSPS) is 23.0. The van der Waals surface area contributed by atoms with E-state index in [4.69, 9.17) is 10.5 Å². The Hall–Kier alpha value is -2.91. The molecule has 0 aromatic heterocycles. The molecule has 0 bridgehead atoms. The minimum atomic E-state index is -1.28. The van der Waals surface area contributed by atoms with E-state index in [1.807, 2.05) is 0 Å². The highest BCUT2D eigenvalue weighted by molar-refractivity contribution is 5.97. The number of ether oxygens (including phenoxy) is 1. The van der Waals surface area contributed by atoms with Gasteiger partial charge in [-0.2, -0.15) is 0 Å². The first-order chi connectivity index (χ1) is 12.7. The van der Waals surface area contributed by atoms with Gasteiger partial charge in [0, 0.05) is 17.6 Å². The van der Waals surface area contributed by atoms with Crippen LogP contribution in [0.2, 0.25) is 0 Å². The van der Waals surface area contributed by atoms with Crippen LogP contribution in [-0.2, 0) is 9.59 Å². The monoisotopic (exact) mass is 377 g/mol. The topological polar surface area (TPSA) is 151 Å². The highest BCUT2D eigenvalue weighted by Gasteiger charge is 2.34. The summed E-state index contributed by atoms with van der Waals surface area (Å²) in [5, 5.41) is 25.2. The molecule has 9 heteroatoms. The summed E-state index contributed by atoms with van der Waals surface area (Å²) in [5.74, 6) is -1.21. The van der Waals surface area contributed by atoms with E-state index in [2.05, 4.69) is 10.6 Å². The fourth-order valence-electron chi connectivity index (χ4n) is 2.60. The Kier molecular flexibility index (Phi) is 6.54. The average molecular weight is 377 g/mol. The van der Waals surface area contributed by atoms with Gasteiger partial charge in [0.15, 0.2) is 0 Å². The summed E-state index contributed by atoms with van der Waals surface area (Å²) in [7, 11) is 1.51. The maximum absolute atomic E-state index is 12.4. The zero-order valence-corrected chi connectivity index (χ0v) is 15.0. The van der Waals surface area contributed by atoms with Gasteiger partial charge in [0.2, 0.25) is 11.8 Å². The number of primary amides is 1. The number of carbonyl (C=O) groups excluding carboxylic acids is 3. The summed E-state index contributed by atoms with van der Waals surface area (Å²) in [6.45, 7) is 1.43. The number of aliphatic hydroxyl groups is 2. The number of nitrogens with two attached hydrogens (primary N) is 1. The van der Waals surface area contributed by atoms with Crippen molar-refractivity contribution in [3.8, 4) is 5.75 Å². The van der Waals surface area contributed by atoms with Crippen LogP contribution in [0.5, 0.6) is 5.75 Å². The molecule has 0 saturated heterocycles. The van der Waals surface area contributed by atoms with E-state index in [0.29, 0.717) is 11.3 Å². The Morgan fingerprint density at radius 3 is 2.37 bits per heavy atom. The molecule has 0 radical (unpaired) electrons. The van der Waals surface area contributed by atoms with Crippen molar-refractivity contribution in [2.24, 2.45) is 5.73 Å². The second kappa shape index (κ2) is 8.65. The quantitative estimate of drug-likeness (QED) is 0.422. The Bertz CT molecular complexity index is 746. The van der Waals surface area contributed by atoms with E-state index in [0.717, 1.165) is 0 Å². The second-order valence-electron chi connectivity index (χ2n) is 6.28. The zero-order valence-electron chi connectivity index (χ0n) is 15.0. The van der Waals surface area contributed by atoms with Crippen LogP contribution in [0.1, 0.15) is 23.7 Å². The van der Waals surface area contributed by atoms with Crippen molar-refractivity contribution in [1.82, 2.24) is 10.6 Å². The van der Waals surface area contributed by atoms with Crippen molar-refractivity contribution >= 4 is 17.7 Å². The Morgan fingerprint density at radius 1 is 1.19 bits per heavy atom. The molecule has 0 saturated carbocycles. The van der Waals surface area contributed by atoms with Gasteiger partial charge in [-0.25, -0.2) is 0 Å². The van der Waals surface area contributed by atoms with Gasteiger partial charge in [-0.05, 0) is 31.2 Å². The number of hydrogen-bond donors (Lipinski definition) is 5. The molecule has 1 aromatic carbocycles. The largest absolute Gasteiger partial charge is 0.497 e. The molecule has 1 aliphatic carbocycles. The van der Waals surface area contributed by atoms with Gasteiger partial charge < -0.3 is 31.3 Å². The summed E-state index contributed by atoms with van der Waals surface area (Å²) in [6.07, 6.45) is -1.28. The number of aliphatic hydroxyl groups excluding tert-OH is 2. The third kappa shape index (κ3) is 5.05. The molecule has 1 aliphatic rings. The van der Waals surface area contributed by atoms with Crippen LogP contribution in [0.4, 0.5) is 0 Å². The van der Waals surface area contributed by atoms with E-state index in [1.54, 1.807) is 24.3 Å². The molecule has 9 nitrogen and oxygen atoms in total. The van der Waals surface area contributed by atoms with E-state index >= 15 is 0 Å². The fourth-order valence-corrected chi connectivity index (χ4v) is 2.60. The number of amides is 3. The maximum atomic E-state index is 12.4. The van der Waals surface area contributed by atoms with Crippen molar-refractivity contribution in [3.63, 3.8) is 0 Å². The number of rotatable bonds is 6. The Morgan fingerprint density at radius 2 is 1.81 bits per heavy atom. The van der Waals surface area contributed by atoms with Crippen molar-refractivity contribution in [2.75, 3.05) is 7.11 Å². The molecular weight excluding hydrogens is 354 g/mol. The molecule has 27 heavy (non-hydrogen) atoms. The second-order valence-corrected chi connectivity index (χ2v) is 6.28. The molecule has 1 aromatic rings. The smallest absolute Gasteiger partial charge is 0.251 e. The minimum Gasteiger partial charge on any atom is -0.497 e. The molecule has 0 fully saturated rings. The van der Waals surface area contributed by atoms with Crippen molar-refractivity contribution < 1.29 is 29.3 Å². The van der Waals surface area contributed by atoms with Crippen LogP contribution >= 0.6 is 0 Å². The molecule has 4 unspecified atom stereocenters. The molecule has 3 amide bonds. The molecule has 0 spiro atoms. The molecule has 0 aliphatic heterocycles. The lowest BCUT2D eigenvalue weighted by Crippen LogP contribution is -2.51. The molecule has 6 N–H and O–H groups in total. The summed E-state index contributed by atoms with van der Waals surface area (Å²) in [6, 6.07) is 4.45. The first kappa shape index (κ1) is 20.4. The van der Waals surface area contributed by atoms with Crippen LogP contribution < -0.4 is 21.1 Å². The minimum absolute atomic E-state index is 0.118. The SMILES string of the molecule is COc1ccc(C(=O)NC2C=C(C(=O)NC(C)C(N)=O)CC(O)C2O)cc1. The highest BCUT2D eigenvalue weighted by Crippen LogP contribution is 2.21. The maximum Gasteiger partial charge on any atom is 0.251 e. The molecule has 4 atom stereocenters. The number of hydrogen-bond acceptors (Lipinski definition) is 6. The first-order valence-corrected chi connectivity index (χ1v) is 8.35. The van der Waals surface area contributed by atoms with Gasteiger partial charge in [0.05, 0.1) is 19.3 Å². The van der Waals surface area contributed by atoms with Crippen LogP contribution in [0, 0.1) is 0 Å². The van der Waals surface area contributed by atoms with Gasteiger partial charge >= 0.3 is 0 Å². The lowest BCUT2D eigenvalue weighted by atomic mass is 9.89. The van der Waals surface area contributed by atoms with E-state index in [9.17, 15) is 24.6 Å². The van der Waals surface area contributed by atoms with Crippen molar-refractivity contribution in [2.45, 2.75) is 37.6 Å². The lowest BCUT2D eigenvalue weighted by molar-refractivity contribution is -0.125. The lowest BCUT2D eigenvalue weighted by Gasteiger charge is -2.31. The molecule has 146 valence electrons. The third-order valence-corrected chi connectivity index (χ3v) is 4.29. The van der Waals surface area contributed by atoms with E-state index in [-0.39, 0.29) is 12.0 Å². The van der Waals surface area contributed by atoms with Gasteiger partial charge in [0.1, 0.15) is 17.9 Å². The number of methoxy groups -OCH3 is 1. The fraction of sp³-hybridized carbons (Fsp3) is 0.389. The van der Waals surface area contributed by atoms with Gasteiger partial charge in [-0.15, -0.1) is 0 Å². The molecular formula is C18H23N3O6. The molecule has 2 rings (SSSR count). The number of carbonyl (C=O) groups is 3. The van der Waals surface area contributed by atoms with E-state index in [1.165, 1.54) is 20.1 Å². The van der Waals surface area contributed by atoms with Crippen LogP contribution in [0.25, 0.3) is 0 Å². The Labute approximate surface area is 156 Å². The third-order valence-electron chi connectivity index (χ3n) is 4.29. The van der Waals surface area contributed by atoms with Crippen molar-refractivity contribution in [3.05, 3.63) is 41.5 Å². The summed E-state index contributed by atoms with van der Waals surface area (Å²) in [4.78, 5) is 35.7. The highest BCUT2D eigenvalue weighted by atomic mass is 16.5. The zero-order chi connectivity index (χ0) is 20.1. The Balaban J connectivity index is 2.13. The van der Waals surface area contributed by atoms with Gasteiger partial charge in [0.25, 0.3) is 5.91 Å². The van der Waals surface area contributed by atoms with Gasteiger partial charge in [-0.3, -0.25) is 14.4 Å². The standard InChI is InChI=1S/C18H23N3O6/c1-9(16(19)24)20-18(26)11-7-13(15(23)14(22)8-11)21-17(25)10-3-5-12(27-2)6-4-10/h3-7,9,13-15,22-23H,8H2,1-2H3,(H2,19,24)(H,20,26)(H,21,25). The predicted molar refractivity (Wildman–Crippen MR) is 95.8 cm³/mol. The first-order valence-electron chi connectivity index (χ1n) is 8.35. The molecule has 0 heterocycles. The van der Waals surface area contributed by atoms with Crippen molar-refractivity contribution in [1.29, 1.82) is 0 Å². The predicted octanol–water partition coefficient (Wildman–Crippen LogP) is -1.16. The van der Waals surface area contributed by atoms with E-state index < -0.39 is 42.0 Å². The average Bonchev–Trinajstić information content (AvgIpc) is 2.64. The number of benzene rings is 1. The summed E-state index contributed by atoms with van der Waals surface area (Å²) >= 11 is 0. The van der Waals surface area contributed by atoms with Crippen LogP contribution in [0.15, 0.2) is 35.9 Å². The van der Waals surface area contributed by atoms with Gasteiger partial charge in [-0.1, -0.05) is 6.08 Å².